The molecule has 1 heterocycles. The van der Waals surface area contributed by atoms with Crippen LogP contribution >= 0.6 is 11.3 Å². The SMILES string of the molecule is Cc1nc(NC(=O)OC(C)(C)C)sc1CCC(C)O. The van der Waals surface area contributed by atoms with Gasteiger partial charge in [-0.15, -0.1) is 11.3 Å². The lowest BCUT2D eigenvalue weighted by atomic mass is 10.2. The van der Waals surface area contributed by atoms with Gasteiger partial charge in [0.1, 0.15) is 5.60 Å². The van der Waals surface area contributed by atoms with Crippen LogP contribution in [-0.2, 0) is 11.2 Å². The average molecular weight is 286 g/mol. The molecule has 1 rings (SSSR count). The van der Waals surface area contributed by atoms with Gasteiger partial charge in [-0.2, -0.15) is 0 Å². The molecule has 0 aliphatic carbocycles. The van der Waals surface area contributed by atoms with Gasteiger partial charge in [0.15, 0.2) is 5.13 Å². The van der Waals surface area contributed by atoms with Gasteiger partial charge in [-0.05, 0) is 47.5 Å². The first-order valence-electron chi connectivity index (χ1n) is 6.32. The molecule has 19 heavy (non-hydrogen) atoms. The van der Waals surface area contributed by atoms with E-state index in [0.717, 1.165) is 17.0 Å². The number of hydrogen-bond donors (Lipinski definition) is 2. The van der Waals surface area contributed by atoms with Crippen LogP contribution in [0.25, 0.3) is 0 Å². The molecule has 1 amide bonds. The molecule has 1 unspecified atom stereocenters. The molecule has 0 bridgehead atoms. The van der Waals surface area contributed by atoms with Crippen LogP contribution in [0, 0.1) is 6.92 Å². The zero-order valence-electron chi connectivity index (χ0n) is 12.1. The molecule has 0 aromatic carbocycles. The van der Waals surface area contributed by atoms with Crippen molar-refractivity contribution < 1.29 is 14.6 Å². The summed E-state index contributed by atoms with van der Waals surface area (Å²) in [4.78, 5) is 17.0. The van der Waals surface area contributed by atoms with E-state index in [9.17, 15) is 9.90 Å². The molecule has 1 atom stereocenters. The maximum atomic E-state index is 11.6. The molecule has 5 nitrogen and oxygen atoms in total. The van der Waals surface area contributed by atoms with E-state index in [1.165, 1.54) is 11.3 Å². The maximum Gasteiger partial charge on any atom is 0.413 e. The predicted molar refractivity (Wildman–Crippen MR) is 76.7 cm³/mol. The van der Waals surface area contributed by atoms with Crippen molar-refractivity contribution in [2.24, 2.45) is 0 Å². The molecule has 0 saturated carbocycles. The fourth-order valence-electron chi connectivity index (χ4n) is 1.44. The second kappa shape index (κ2) is 6.34. The largest absolute Gasteiger partial charge is 0.444 e. The van der Waals surface area contributed by atoms with Crippen LogP contribution < -0.4 is 5.32 Å². The minimum atomic E-state index is -0.522. The Kier molecular flexibility index (Phi) is 5.31. The molecule has 108 valence electrons. The summed E-state index contributed by atoms with van der Waals surface area (Å²) >= 11 is 1.42. The standard InChI is InChI=1S/C13H22N2O3S/c1-8(16)6-7-10-9(2)14-11(19-10)15-12(17)18-13(3,4)5/h8,16H,6-7H2,1-5H3,(H,14,15,17). The van der Waals surface area contributed by atoms with E-state index >= 15 is 0 Å². The number of nitrogens with zero attached hydrogens (tertiary/aromatic N) is 1. The molecule has 1 aromatic rings. The van der Waals surface area contributed by atoms with Gasteiger partial charge in [-0.1, -0.05) is 0 Å². The lowest BCUT2D eigenvalue weighted by Gasteiger charge is -2.18. The number of hydrogen-bond acceptors (Lipinski definition) is 5. The van der Waals surface area contributed by atoms with Crippen LogP contribution in [0.15, 0.2) is 0 Å². The van der Waals surface area contributed by atoms with Crippen LogP contribution in [-0.4, -0.2) is 27.9 Å². The van der Waals surface area contributed by atoms with Crippen molar-refractivity contribution in [3.05, 3.63) is 10.6 Å². The fraction of sp³-hybridized carbons (Fsp3) is 0.692. The molecule has 6 heteroatoms. The molecule has 2 N–H and O–H groups in total. The van der Waals surface area contributed by atoms with Crippen molar-refractivity contribution in [2.75, 3.05) is 5.32 Å². The van der Waals surface area contributed by atoms with Crippen molar-refractivity contribution in [3.63, 3.8) is 0 Å². The number of amides is 1. The Morgan fingerprint density at radius 3 is 2.68 bits per heavy atom. The molecule has 0 aliphatic rings. The predicted octanol–water partition coefficient (Wildman–Crippen LogP) is 3.11. The highest BCUT2D eigenvalue weighted by atomic mass is 32.1. The fourth-order valence-corrected chi connectivity index (χ4v) is 2.41. The quantitative estimate of drug-likeness (QED) is 0.892. The average Bonchev–Trinajstić information content (AvgIpc) is 2.52. The Morgan fingerprint density at radius 1 is 1.53 bits per heavy atom. The molecule has 0 fully saturated rings. The minimum Gasteiger partial charge on any atom is -0.444 e. The third-order valence-electron chi connectivity index (χ3n) is 2.29. The number of aliphatic hydroxyl groups excluding tert-OH is 1. The summed E-state index contributed by atoms with van der Waals surface area (Å²) in [5.41, 5.74) is 0.364. The normalized spacial score (nSPS) is 13.2. The van der Waals surface area contributed by atoms with Crippen molar-refractivity contribution in [2.45, 2.75) is 59.2 Å². The van der Waals surface area contributed by atoms with Crippen molar-refractivity contribution >= 4 is 22.6 Å². The van der Waals surface area contributed by atoms with Gasteiger partial charge >= 0.3 is 6.09 Å². The van der Waals surface area contributed by atoms with Gasteiger partial charge in [0.25, 0.3) is 0 Å². The third kappa shape index (κ3) is 6.02. The number of aliphatic hydroxyl groups is 1. The highest BCUT2D eigenvalue weighted by Gasteiger charge is 2.18. The number of carbonyl (C=O) groups is 1. The van der Waals surface area contributed by atoms with Gasteiger partial charge < -0.3 is 9.84 Å². The number of nitrogens with one attached hydrogen (secondary N) is 1. The van der Waals surface area contributed by atoms with Gasteiger partial charge in [-0.3, -0.25) is 5.32 Å². The van der Waals surface area contributed by atoms with Crippen LogP contribution in [0.3, 0.4) is 0 Å². The van der Waals surface area contributed by atoms with E-state index in [1.54, 1.807) is 6.92 Å². The second-order valence-corrected chi connectivity index (χ2v) is 6.63. The van der Waals surface area contributed by atoms with E-state index < -0.39 is 11.7 Å². The molecule has 0 saturated heterocycles. The topological polar surface area (TPSA) is 71.5 Å². The summed E-state index contributed by atoms with van der Waals surface area (Å²) in [6.07, 6.45) is 0.624. The molecule has 0 spiro atoms. The van der Waals surface area contributed by atoms with Gasteiger partial charge in [0, 0.05) is 4.88 Å². The first-order valence-corrected chi connectivity index (χ1v) is 7.13. The monoisotopic (exact) mass is 286 g/mol. The van der Waals surface area contributed by atoms with Crippen molar-refractivity contribution in [3.8, 4) is 0 Å². The molecule has 0 aliphatic heterocycles. The van der Waals surface area contributed by atoms with E-state index in [4.69, 9.17) is 4.74 Å². The Morgan fingerprint density at radius 2 is 2.16 bits per heavy atom. The van der Waals surface area contributed by atoms with E-state index in [-0.39, 0.29) is 6.10 Å². The number of ether oxygens (including phenoxy) is 1. The zero-order valence-corrected chi connectivity index (χ0v) is 12.9. The molecule has 1 aromatic heterocycles. The van der Waals surface area contributed by atoms with Gasteiger partial charge in [0.05, 0.1) is 11.8 Å². The zero-order chi connectivity index (χ0) is 14.6. The molecular weight excluding hydrogens is 264 g/mol. The summed E-state index contributed by atoms with van der Waals surface area (Å²) in [6, 6.07) is 0. The first-order chi connectivity index (χ1) is 8.67. The Labute approximate surface area is 118 Å². The Balaban J connectivity index is 2.60. The number of aryl methyl sites for hydroxylation is 2. The van der Waals surface area contributed by atoms with Crippen LogP contribution in [0.1, 0.15) is 44.7 Å². The molecular formula is C13H22N2O3S. The van der Waals surface area contributed by atoms with E-state index in [1.807, 2.05) is 27.7 Å². The lowest BCUT2D eigenvalue weighted by molar-refractivity contribution is 0.0636. The first kappa shape index (κ1) is 15.9. The van der Waals surface area contributed by atoms with Crippen LogP contribution in [0.5, 0.6) is 0 Å². The Bertz CT molecular complexity index is 436. The van der Waals surface area contributed by atoms with Crippen molar-refractivity contribution in [1.82, 2.24) is 4.98 Å². The second-order valence-electron chi connectivity index (χ2n) is 5.54. The number of aromatic nitrogens is 1. The third-order valence-corrected chi connectivity index (χ3v) is 3.42. The number of rotatable bonds is 4. The summed E-state index contributed by atoms with van der Waals surface area (Å²) in [5, 5.41) is 12.4. The summed E-state index contributed by atoms with van der Waals surface area (Å²) in [6.45, 7) is 9.10. The highest BCUT2D eigenvalue weighted by molar-refractivity contribution is 7.15. The van der Waals surface area contributed by atoms with E-state index in [2.05, 4.69) is 10.3 Å². The highest BCUT2D eigenvalue weighted by Crippen LogP contribution is 2.24. The van der Waals surface area contributed by atoms with E-state index in [0.29, 0.717) is 11.6 Å². The van der Waals surface area contributed by atoms with Gasteiger partial charge in [-0.25, -0.2) is 9.78 Å². The lowest BCUT2D eigenvalue weighted by Crippen LogP contribution is -2.27. The number of thiazole rings is 1. The Hall–Kier alpha value is -1.14. The minimum absolute atomic E-state index is 0.330. The van der Waals surface area contributed by atoms with Crippen LogP contribution in [0.2, 0.25) is 0 Å². The summed E-state index contributed by atoms with van der Waals surface area (Å²) < 4.78 is 5.17. The molecule has 0 radical (unpaired) electrons. The smallest absolute Gasteiger partial charge is 0.413 e. The summed E-state index contributed by atoms with van der Waals surface area (Å²) in [7, 11) is 0. The van der Waals surface area contributed by atoms with Gasteiger partial charge in [0.2, 0.25) is 0 Å². The van der Waals surface area contributed by atoms with Crippen LogP contribution in [0.4, 0.5) is 9.93 Å². The number of carbonyl (C=O) groups excluding carboxylic acids is 1. The maximum absolute atomic E-state index is 11.6. The van der Waals surface area contributed by atoms with Crippen molar-refractivity contribution in [1.29, 1.82) is 0 Å². The summed E-state index contributed by atoms with van der Waals surface area (Å²) in [5.74, 6) is 0. The number of anilines is 1.